The lowest BCUT2D eigenvalue weighted by Gasteiger charge is -2.18. The van der Waals surface area contributed by atoms with E-state index >= 15 is 0 Å². The summed E-state index contributed by atoms with van der Waals surface area (Å²) >= 11 is 0. The van der Waals surface area contributed by atoms with E-state index in [0.29, 0.717) is 11.4 Å². The quantitative estimate of drug-likeness (QED) is 0.741. The largest absolute Gasteiger partial charge is 0.334 e. The smallest absolute Gasteiger partial charge is 0.259 e. The van der Waals surface area contributed by atoms with Gasteiger partial charge in [0.05, 0.1) is 11.3 Å². The molecule has 3 rings (SSSR count). The molecule has 0 aliphatic carbocycles. The first-order valence-corrected chi connectivity index (χ1v) is 8.18. The van der Waals surface area contributed by atoms with Gasteiger partial charge in [-0.15, -0.1) is 0 Å². The Balaban J connectivity index is 1.93. The molecule has 27 heavy (non-hydrogen) atoms. The molecular weight excluding hydrogens is 358 g/mol. The van der Waals surface area contributed by atoms with Gasteiger partial charge in [0.2, 0.25) is 5.91 Å². The second kappa shape index (κ2) is 7.48. The maximum absolute atomic E-state index is 13.8. The van der Waals surface area contributed by atoms with Crippen LogP contribution >= 0.6 is 0 Å². The van der Waals surface area contributed by atoms with Gasteiger partial charge in [0, 0.05) is 18.3 Å². The first kappa shape index (κ1) is 18.4. The highest BCUT2D eigenvalue weighted by Gasteiger charge is 2.22. The van der Waals surface area contributed by atoms with Gasteiger partial charge in [0.1, 0.15) is 17.7 Å². The van der Waals surface area contributed by atoms with Gasteiger partial charge in [0.25, 0.3) is 11.4 Å². The van der Waals surface area contributed by atoms with Crippen molar-refractivity contribution in [2.75, 3.05) is 5.32 Å². The van der Waals surface area contributed by atoms with Crippen LogP contribution in [0.4, 0.5) is 14.5 Å². The van der Waals surface area contributed by atoms with E-state index in [9.17, 15) is 18.4 Å². The second-order valence-electron chi connectivity index (χ2n) is 5.85. The zero-order valence-electron chi connectivity index (χ0n) is 14.6. The Bertz CT molecular complexity index is 1050. The molecule has 1 aromatic carbocycles. The topological polar surface area (TPSA) is 90.0 Å². The molecular formula is C18H16F2N4O3. The molecule has 3 aromatic rings. The summed E-state index contributed by atoms with van der Waals surface area (Å²) in [4.78, 5) is 29.0. The van der Waals surface area contributed by atoms with Crippen molar-refractivity contribution in [2.45, 2.75) is 26.3 Å². The van der Waals surface area contributed by atoms with E-state index in [1.54, 1.807) is 13.8 Å². The zero-order valence-corrected chi connectivity index (χ0v) is 14.6. The van der Waals surface area contributed by atoms with Gasteiger partial charge in [-0.05, 0) is 31.5 Å². The maximum atomic E-state index is 13.8. The number of nitrogens with zero attached hydrogens (tertiary/aromatic N) is 3. The lowest BCUT2D eigenvalue weighted by Crippen LogP contribution is -2.32. The van der Waals surface area contributed by atoms with Crippen LogP contribution in [0.1, 0.15) is 25.2 Å². The number of hydrogen-bond acceptors (Lipinski definition) is 5. The van der Waals surface area contributed by atoms with Crippen molar-refractivity contribution < 1.29 is 18.1 Å². The van der Waals surface area contributed by atoms with Crippen LogP contribution in [0.25, 0.3) is 11.5 Å². The number of anilines is 1. The minimum Gasteiger partial charge on any atom is -0.334 e. The van der Waals surface area contributed by atoms with Crippen LogP contribution in [0.5, 0.6) is 0 Å². The van der Waals surface area contributed by atoms with Crippen LogP contribution in [0.15, 0.2) is 45.8 Å². The number of aryl methyl sites for hydroxylation is 1. The minimum absolute atomic E-state index is 0.202. The fourth-order valence-corrected chi connectivity index (χ4v) is 2.61. The standard InChI is InChI=1S/C18H16F2N4O3/c1-3-15(17(26)22-14-8-12(19)5-6-13(14)20)24-9-11(4-7-16(24)25)18-21-10(2)23-27-18/h4-9,15H,3H2,1-2H3,(H,22,26). The Kier molecular flexibility index (Phi) is 5.11. The van der Waals surface area contributed by atoms with E-state index in [1.165, 1.54) is 22.9 Å². The van der Waals surface area contributed by atoms with Crippen LogP contribution in [0.2, 0.25) is 0 Å². The third-order valence-corrected chi connectivity index (χ3v) is 3.92. The Morgan fingerprint density at radius 3 is 2.74 bits per heavy atom. The van der Waals surface area contributed by atoms with E-state index in [-0.39, 0.29) is 18.0 Å². The normalized spacial score (nSPS) is 12.0. The summed E-state index contributed by atoms with van der Waals surface area (Å²) in [7, 11) is 0. The van der Waals surface area contributed by atoms with Crippen LogP contribution in [0.3, 0.4) is 0 Å². The molecule has 0 saturated heterocycles. The Labute approximate surface area is 152 Å². The number of rotatable bonds is 5. The average Bonchev–Trinajstić information content (AvgIpc) is 3.07. The number of pyridine rings is 1. The van der Waals surface area contributed by atoms with Crippen LogP contribution in [0, 0.1) is 18.6 Å². The molecule has 0 bridgehead atoms. The number of carbonyl (C=O) groups is 1. The predicted octanol–water partition coefficient (Wildman–Crippen LogP) is 3.07. The predicted molar refractivity (Wildman–Crippen MR) is 93.0 cm³/mol. The second-order valence-corrected chi connectivity index (χ2v) is 5.85. The molecule has 1 unspecified atom stereocenters. The summed E-state index contributed by atoms with van der Waals surface area (Å²) in [6.45, 7) is 3.35. The number of aromatic nitrogens is 3. The highest BCUT2D eigenvalue weighted by atomic mass is 19.1. The molecule has 0 radical (unpaired) electrons. The summed E-state index contributed by atoms with van der Waals surface area (Å²) in [5.41, 5.74) is -0.273. The van der Waals surface area contributed by atoms with Gasteiger partial charge >= 0.3 is 0 Å². The van der Waals surface area contributed by atoms with Gasteiger partial charge in [-0.2, -0.15) is 4.98 Å². The van der Waals surface area contributed by atoms with Gasteiger partial charge < -0.3 is 14.4 Å². The highest BCUT2D eigenvalue weighted by molar-refractivity contribution is 5.93. The molecule has 2 aromatic heterocycles. The molecule has 1 N–H and O–H groups in total. The number of halogens is 2. The molecule has 0 aliphatic rings. The molecule has 0 aliphatic heterocycles. The molecule has 2 heterocycles. The maximum Gasteiger partial charge on any atom is 0.259 e. The molecule has 0 fully saturated rings. The van der Waals surface area contributed by atoms with Crippen LogP contribution in [-0.4, -0.2) is 20.6 Å². The summed E-state index contributed by atoms with van der Waals surface area (Å²) in [6, 6.07) is 4.57. The monoisotopic (exact) mass is 374 g/mol. The minimum atomic E-state index is -0.941. The molecule has 0 saturated carbocycles. The van der Waals surface area contributed by atoms with Gasteiger partial charge in [-0.3, -0.25) is 9.59 Å². The van der Waals surface area contributed by atoms with Crippen molar-refractivity contribution in [1.82, 2.24) is 14.7 Å². The average molecular weight is 374 g/mol. The van der Waals surface area contributed by atoms with Crippen LogP contribution < -0.4 is 10.9 Å². The summed E-state index contributed by atoms with van der Waals surface area (Å²) in [5.74, 6) is -1.49. The van der Waals surface area contributed by atoms with E-state index in [4.69, 9.17) is 4.52 Å². The van der Waals surface area contributed by atoms with Crippen molar-refractivity contribution in [3.63, 3.8) is 0 Å². The van der Waals surface area contributed by atoms with Crippen LogP contribution in [-0.2, 0) is 4.79 Å². The van der Waals surface area contributed by atoms with E-state index < -0.39 is 29.1 Å². The first-order valence-electron chi connectivity index (χ1n) is 8.18. The summed E-state index contributed by atoms with van der Waals surface area (Å²) < 4.78 is 33.4. The Morgan fingerprint density at radius 2 is 2.07 bits per heavy atom. The number of nitrogens with one attached hydrogen (secondary N) is 1. The van der Waals surface area contributed by atoms with Gasteiger partial charge in [-0.1, -0.05) is 12.1 Å². The van der Waals surface area contributed by atoms with Crippen molar-refractivity contribution in [3.8, 4) is 11.5 Å². The summed E-state index contributed by atoms with van der Waals surface area (Å²) in [6.07, 6.45) is 1.67. The van der Waals surface area contributed by atoms with Crippen molar-refractivity contribution in [3.05, 3.63) is 64.3 Å². The van der Waals surface area contributed by atoms with E-state index in [2.05, 4.69) is 15.5 Å². The number of carbonyl (C=O) groups excluding carboxylic acids is 1. The molecule has 1 amide bonds. The fourth-order valence-electron chi connectivity index (χ4n) is 2.61. The third-order valence-electron chi connectivity index (χ3n) is 3.92. The first-order chi connectivity index (χ1) is 12.9. The molecule has 7 nitrogen and oxygen atoms in total. The fraction of sp³-hybridized carbons (Fsp3) is 0.222. The van der Waals surface area contributed by atoms with Crippen molar-refractivity contribution in [1.29, 1.82) is 0 Å². The summed E-state index contributed by atoms with van der Waals surface area (Å²) in [5, 5.41) is 6.02. The van der Waals surface area contributed by atoms with Crippen molar-refractivity contribution in [2.24, 2.45) is 0 Å². The molecule has 1 atom stereocenters. The van der Waals surface area contributed by atoms with Crippen molar-refractivity contribution >= 4 is 11.6 Å². The van der Waals surface area contributed by atoms with Gasteiger partial charge in [-0.25, -0.2) is 8.78 Å². The zero-order chi connectivity index (χ0) is 19.6. The molecule has 140 valence electrons. The third kappa shape index (κ3) is 3.91. The lowest BCUT2D eigenvalue weighted by molar-refractivity contribution is -0.119. The highest BCUT2D eigenvalue weighted by Crippen LogP contribution is 2.21. The number of hydrogen-bond donors (Lipinski definition) is 1. The lowest BCUT2D eigenvalue weighted by atomic mass is 10.1. The van der Waals surface area contributed by atoms with E-state index in [0.717, 1.165) is 18.2 Å². The molecule has 0 spiro atoms. The number of amides is 1. The van der Waals surface area contributed by atoms with Gasteiger partial charge in [0.15, 0.2) is 5.82 Å². The number of benzene rings is 1. The Morgan fingerprint density at radius 1 is 1.30 bits per heavy atom. The Hall–Kier alpha value is -3.36. The van der Waals surface area contributed by atoms with E-state index in [1.807, 2.05) is 0 Å². The molecule has 9 heteroatoms. The SMILES string of the molecule is CCC(C(=O)Nc1cc(F)ccc1F)n1cc(-c2nc(C)no2)ccc1=O.